The zero-order chi connectivity index (χ0) is 19.7. The second-order valence-electron chi connectivity index (χ2n) is 6.73. The molecule has 0 atom stereocenters. The summed E-state index contributed by atoms with van der Waals surface area (Å²) < 4.78 is 1.21. The van der Waals surface area contributed by atoms with E-state index in [1.165, 1.54) is 29.7 Å². The molecule has 0 radical (unpaired) electrons. The molecule has 2 aromatic rings. The molecular formula is C20H18Cl2N2O3. The van der Waals surface area contributed by atoms with Gasteiger partial charge in [-0.1, -0.05) is 42.5 Å². The Labute approximate surface area is 166 Å². The fraction of sp³-hybridized carbons (Fsp3) is 0.350. The van der Waals surface area contributed by atoms with Gasteiger partial charge in [-0.05, 0) is 43.5 Å². The predicted molar refractivity (Wildman–Crippen MR) is 104 cm³/mol. The molecule has 0 bridgehead atoms. The molecule has 0 spiro atoms. The summed E-state index contributed by atoms with van der Waals surface area (Å²) in [7, 11) is 0. The van der Waals surface area contributed by atoms with Gasteiger partial charge in [-0.2, -0.15) is 5.26 Å². The van der Waals surface area contributed by atoms with Crippen molar-refractivity contribution in [3.05, 3.63) is 60.9 Å². The van der Waals surface area contributed by atoms with Crippen molar-refractivity contribution in [3.8, 4) is 11.9 Å². The molecule has 3 rings (SSSR count). The summed E-state index contributed by atoms with van der Waals surface area (Å²) >= 11 is 12.0. The average Bonchev–Trinajstić information content (AvgIpc) is 2.62. The van der Waals surface area contributed by atoms with Gasteiger partial charge in [0.05, 0.1) is 10.6 Å². The lowest BCUT2D eigenvalue weighted by Gasteiger charge is -2.26. The van der Waals surface area contributed by atoms with E-state index >= 15 is 0 Å². The topological polar surface area (TPSA) is 83.1 Å². The quantitative estimate of drug-likeness (QED) is 0.746. The summed E-state index contributed by atoms with van der Waals surface area (Å²) in [6, 6.07) is 6.08. The number of aromatic nitrogens is 1. The summed E-state index contributed by atoms with van der Waals surface area (Å²) in [5.74, 6) is -0.952. The molecule has 0 saturated heterocycles. The summed E-state index contributed by atoms with van der Waals surface area (Å²) in [6.07, 6.45) is 4.36. The average molecular weight is 405 g/mol. The highest BCUT2D eigenvalue weighted by atomic mass is 35.5. The van der Waals surface area contributed by atoms with Gasteiger partial charge in [0.2, 0.25) is 5.88 Å². The minimum absolute atomic E-state index is 0.0686. The van der Waals surface area contributed by atoms with Crippen LogP contribution < -0.4 is 5.56 Å². The van der Waals surface area contributed by atoms with Gasteiger partial charge >= 0.3 is 0 Å². The van der Waals surface area contributed by atoms with Crippen molar-refractivity contribution in [2.24, 2.45) is 0 Å². The summed E-state index contributed by atoms with van der Waals surface area (Å²) in [6.45, 7) is 1.49. The Hall–Kier alpha value is -2.29. The monoisotopic (exact) mass is 404 g/mol. The van der Waals surface area contributed by atoms with Crippen LogP contribution in [0.2, 0.25) is 10.0 Å². The van der Waals surface area contributed by atoms with E-state index < -0.39 is 17.2 Å². The Morgan fingerprint density at radius 2 is 1.93 bits per heavy atom. The molecule has 1 aromatic carbocycles. The van der Waals surface area contributed by atoms with Gasteiger partial charge in [-0.3, -0.25) is 14.2 Å². The van der Waals surface area contributed by atoms with Crippen LogP contribution >= 0.6 is 23.2 Å². The Balaban J connectivity index is 2.24. The van der Waals surface area contributed by atoms with Crippen LogP contribution in [0.5, 0.6) is 5.88 Å². The van der Waals surface area contributed by atoms with Crippen LogP contribution in [0.1, 0.15) is 65.2 Å². The molecule has 140 valence electrons. The number of ketones is 1. The van der Waals surface area contributed by atoms with Gasteiger partial charge in [0.15, 0.2) is 5.78 Å². The molecule has 0 amide bonds. The number of carbonyl (C=O) groups excluding carboxylic acids is 1. The Morgan fingerprint density at radius 3 is 2.52 bits per heavy atom. The first-order valence-corrected chi connectivity index (χ1v) is 9.50. The SMILES string of the molecule is Cc1c(C(=O)c2ccc(Cl)cc2Cl)c(O)n(C2CCCCC2)c(=O)c1C#N. The van der Waals surface area contributed by atoms with E-state index in [9.17, 15) is 20.0 Å². The number of benzene rings is 1. The third-order valence-electron chi connectivity index (χ3n) is 5.09. The van der Waals surface area contributed by atoms with Crippen LogP contribution in [0.25, 0.3) is 0 Å². The van der Waals surface area contributed by atoms with E-state index in [1.54, 1.807) is 0 Å². The minimum atomic E-state index is -0.557. The largest absolute Gasteiger partial charge is 0.494 e. The molecule has 1 N–H and O–H groups in total. The predicted octanol–water partition coefficient (Wildman–Crippen LogP) is 4.78. The van der Waals surface area contributed by atoms with Gasteiger partial charge in [0.25, 0.3) is 5.56 Å². The van der Waals surface area contributed by atoms with Crippen molar-refractivity contribution in [1.82, 2.24) is 4.57 Å². The lowest BCUT2D eigenvalue weighted by Crippen LogP contribution is -2.31. The minimum Gasteiger partial charge on any atom is -0.494 e. The van der Waals surface area contributed by atoms with Gasteiger partial charge < -0.3 is 5.11 Å². The van der Waals surface area contributed by atoms with Crippen LogP contribution in [0.4, 0.5) is 0 Å². The lowest BCUT2D eigenvalue weighted by atomic mass is 9.93. The lowest BCUT2D eigenvalue weighted by molar-refractivity contribution is 0.103. The van der Waals surface area contributed by atoms with Gasteiger partial charge in [0.1, 0.15) is 11.6 Å². The van der Waals surface area contributed by atoms with Crippen LogP contribution in [0.15, 0.2) is 23.0 Å². The molecule has 5 nitrogen and oxygen atoms in total. The van der Waals surface area contributed by atoms with E-state index in [4.69, 9.17) is 23.2 Å². The zero-order valence-corrected chi connectivity index (χ0v) is 16.3. The fourth-order valence-corrected chi connectivity index (χ4v) is 4.17. The van der Waals surface area contributed by atoms with E-state index in [0.717, 1.165) is 32.1 Å². The highest BCUT2D eigenvalue weighted by molar-refractivity contribution is 6.37. The molecule has 1 aliphatic rings. The van der Waals surface area contributed by atoms with Crippen LogP contribution in [-0.2, 0) is 0 Å². The third kappa shape index (κ3) is 3.47. The van der Waals surface area contributed by atoms with E-state index in [2.05, 4.69) is 0 Å². The maximum absolute atomic E-state index is 13.1. The number of nitriles is 1. The Kier molecular flexibility index (Phi) is 5.59. The first-order valence-electron chi connectivity index (χ1n) is 8.74. The molecule has 1 saturated carbocycles. The van der Waals surface area contributed by atoms with Crippen molar-refractivity contribution in [2.75, 3.05) is 0 Å². The second-order valence-corrected chi connectivity index (χ2v) is 7.57. The Bertz CT molecular complexity index is 1020. The van der Waals surface area contributed by atoms with E-state index in [1.807, 2.05) is 6.07 Å². The summed E-state index contributed by atoms with van der Waals surface area (Å²) in [5.41, 5.74) is -0.453. The number of carbonyl (C=O) groups is 1. The van der Waals surface area contributed by atoms with Crippen LogP contribution in [-0.4, -0.2) is 15.5 Å². The smallest absolute Gasteiger partial charge is 0.271 e. The maximum Gasteiger partial charge on any atom is 0.271 e. The zero-order valence-electron chi connectivity index (χ0n) is 14.8. The molecule has 1 aromatic heterocycles. The first-order chi connectivity index (χ1) is 12.9. The molecule has 1 heterocycles. The summed E-state index contributed by atoms with van der Waals surface area (Å²) in [5, 5.41) is 20.9. The highest BCUT2D eigenvalue weighted by Crippen LogP contribution is 2.34. The molecule has 0 unspecified atom stereocenters. The molecule has 27 heavy (non-hydrogen) atoms. The number of pyridine rings is 1. The van der Waals surface area contributed by atoms with Crippen LogP contribution in [0, 0.1) is 18.3 Å². The van der Waals surface area contributed by atoms with Crippen molar-refractivity contribution in [3.63, 3.8) is 0 Å². The normalized spacial score (nSPS) is 14.7. The number of rotatable bonds is 3. The molecular weight excluding hydrogens is 387 g/mol. The molecule has 1 fully saturated rings. The van der Waals surface area contributed by atoms with Crippen LogP contribution in [0.3, 0.4) is 0 Å². The van der Waals surface area contributed by atoms with Crippen molar-refractivity contribution in [1.29, 1.82) is 5.26 Å². The number of nitrogens with zero attached hydrogens (tertiary/aromatic N) is 2. The van der Waals surface area contributed by atoms with Gasteiger partial charge in [0, 0.05) is 16.6 Å². The maximum atomic E-state index is 13.1. The third-order valence-corrected chi connectivity index (χ3v) is 5.64. The number of hydrogen-bond donors (Lipinski definition) is 1. The van der Waals surface area contributed by atoms with Gasteiger partial charge in [-0.15, -0.1) is 0 Å². The number of hydrogen-bond acceptors (Lipinski definition) is 4. The highest BCUT2D eigenvalue weighted by Gasteiger charge is 2.29. The number of aromatic hydroxyl groups is 1. The van der Waals surface area contributed by atoms with E-state index in [0.29, 0.717) is 5.02 Å². The Morgan fingerprint density at radius 1 is 1.26 bits per heavy atom. The van der Waals surface area contributed by atoms with Gasteiger partial charge in [-0.25, -0.2) is 0 Å². The first kappa shape index (κ1) is 19.5. The van der Waals surface area contributed by atoms with Crippen molar-refractivity contribution in [2.45, 2.75) is 45.1 Å². The van der Waals surface area contributed by atoms with E-state index in [-0.39, 0.29) is 33.3 Å². The molecule has 0 aliphatic heterocycles. The fourth-order valence-electron chi connectivity index (χ4n) is 3.68. The van der Waals surface area contributed by atoms with Crippen molar-refractivity contribution >= 4 is 29.0 Å². The standard InChI is InChI=1S/C20H18Cl2N2O3/c1-11-15(10-23)19(26)24(13-5-3-2-4-6-13)20(27)17(11)18(25)14-8-7-12(21)9-16(14)22/h7-9,13,27H,2-6H2,1H3. The van der Waals surface area contributed by atoms with Crippen molar-refractivity contribution < 1.29 is 9.90 Å². The molecule has 1 aliphatic carbocycles. The second kappa shape index (κ2) is 7.75. The number of halogens is 2. The molecule has 7 heteroatoms. The summed E-state index contributed by atoms with van der Waals surface area (Å²) in [4.78, 5) is 25.9.